The molecule has 3 amide bonds. The number of carbonyl (C=O) groups is 3. The van der Waals surface area contributed by atoms with Crippen molar-refractivity contribution in [3.63, 3.8) is 0 Å². The van der Waals surface area contributed by atoms with Crippen LogP contribution in [0.1, 0.15) is 27.6 Å². The molecule has 8 nitrogen and oxygen atoms in total. The molecule has 2 unspecified atom stereocenters. The lowest BCUT2D eigenvalue weighted by molar-refractivity contribution is -0.138. The number of hydrogen-bond acceptors (Lipinski definition) is 5. The normalized spacial score (nSPS) is 19.6. The summed E-state index contributed by atoms with van der Waals surface area (Å²) in [6, 6.07) is 16.7. The van der Waals surface area contributed by atoms with Crippen LogP contribution in [0.25, 0.3) is 0 Å². The average molecular weight is 535 g/mol. The second-order valence-electron chi connectivity index (χ2n) is 9.72. The number of carbonyl (C=O) groups excluding carboxylic acids is 3. The number of hydrogen-bond donors (Lipinski definition) is 1. The van der Waals surface area contributed by atoms with Crippen LogP contribution in [0, 0.1) is 11.6 Å². The van der Waals surface area contributed by atoms with Crippen LogP contribution in [0.4, 0.5) is 19.3 Å². The van der Waals surface area contributed by atoms with Gasteiger partial charge in [-0.2, -0.15) is 0 Å². The third-order valence-electron chi connectivity index (χ3n) is 7.00. The average Bonchev–Trinajstić information content (AvgIpc) is 3.26. The Morgan fingerprint density at radius 3 is 2.23 bits per heavy atom. The Balaban J connectivity index is 1.42. The number of nitrogens with zero attached hydrogens (tertiary/aromatic N) is 3. The lowest BCUT2D eigenvalue weighted by Crippen LogP contribution is -2.54. The second-order valence-corrected chi connectivity index (χ2v) is 9.72. The summed E-state index contributed by atoms with van der Waals surface area (Å²) in [5, 5.41) is 2.77. The Labute approximate surface area is 224 Å². The molecule has 2 saturated heterocycles. The Morgan fingerprint density at radius 1 is 0.923 bits per heavy atom. The molecule has 2 aliphatic rings. The maximum Gasteiger partial charge on any atom is 0.411 e. The third-order valence-corrected chi connectivity index (χ3v) is 7.00. The minimum Gasteiger partial charge on any atom is -0.438 e. The smallest absolute Gasteiger partial charge is 0.411 e. The topological polar surface area (TPSA) is 82.2 Å². The van der Waals surface area contributed by atoms with E-state index in [1.807, 2.05) is 7.05 Å². The zero-order chi connectivity index (χ0) is 27.5. The van der Waals surface area contributed by atoms with Gasteiger partial charge < -0.3 is 19.9 Å². The maximum atomic E-state index is 13.8. The Bertz CT molecular complexity index is 1360. The van der Waals surface area contributed by atoms with E-state index in [1.54, 1.807) is 41.3 Å². The summed E-state index contributed by atoms with van der Waals surface area (Å²) in [5.74, 6) is -1.51. The predicted molar refractivity (Wildman–Crippen MR) is 140 cm³/mol. The van der Waals surface area contributed by atoms with Gasteiger partial charge in [-0.25, -0.2) is 13.6 Å². The summed E-state index contributed by atoms with van der Waals surface area (Å²) >= 11 is 0. The van der Waals surface area contributed by atoms with Gasteiger partial charge in [0.05, 0.1) is 6.54 Å². The molecule has 0 bridgehead atoms. The number of ether oxygens (including phenoxy) is 1. The van der Waals surface area contributed by atoms with E-state index < -0.39 is 35.8 Å². The molecule has 5 rings (SSSR count). The van der Waals surface area contributed by atoms with Crippen molar-refractivity contribution >= 4 is 23.6 Å². The molecule has 10 heteroatoms. The Morgan fingerprint density at radius 2 is 1.56 bits per heavy atom. The highest BCUT2D eigenvalue weighted by Crippen LogP contribution is 2.36. The van der Waals surface area contributed by atoms with Crippen LogP contribution in [-0.4, -0.2) is 71.9 Å². The number of likely N-dealkylation sites (N-methyl/N-ethyl adjacent to an activating group) is 1. The van der Waals surface area contributed by atoms with E-state index in [2.05, 4.69) is 10.2 Å². The fraction of sp³-hybridized carbons (Fsp3) is 0.276. The fourth-order valence-corrected chi connectivity index (χ4v) is 4.79. The molecule has 2 aliphatic heterocycles. The van der Waals surface area contributed by atoms with Crippen LogP contribution < -0.4 is 5.32 Å². The molecule has 0 saturated carbocycles. The van der Waals surface area contributed by atoms with Crippen molar-refractivity contribution in [2.24, 2.45) is 0 Å². The summed E-state index contributed by atoms with van der Waals surface area (Å²) in [7, 11) is 1.99. The van der Waals surface area contributed by atoms with E-state index in [-0.39, 0.29) is 18.0 Å². The van der Waals surface area contributed by atoms with Crippen LogP contribution in [-0.2, 0) is 16.1 Å². The van der Waals surface area contributed by atoms with E-state index >= 15 is 0 Å². The molecule has 39 heavy (non-hydrogen) atoms. The SMILES string of the molecule is CN1CCN(C(=O)C2C(c3cccc(NC(=O)c4ccc(F)cc4)c3)OC(=O)N2Cc2ccc(F)cc2)CC1. The van der Waals surface area contributed by atoms with Crippen LogP contribution in [0.5, 0.6) is 0 Å². The molecule has 3 aromatic carbocycles. The number of piperazine rings is 1. The van der Waals surface area contributed by atoms with E-state index in [9.17, 15) is 23.2 Å². The first-order valence-electron chi connectivity index (χ1n) is 12.6. The summed E-state index contributed by atoms with van der Waals surface area (Å²) in [5.41, 5.74) is 1.91. The molecule has 0 aromatic heterocycles. The number of amides is 3. The minimum atomic E-state index is -0.950. The van der Waals surface area contributed by atoms with Gasteiger partial charge in [0.1, 0.15) is 11.6 Å². The van der Waals surface area contributed by atoms with Gasteiger partial charge >= 0.3 is 6.09 Å². The molecule has 2 fully saturated rings. The molecule has 0 radical (unpaired) electrons. The van der Waals surface area contributed by atoms with Gasteiger partial charge in [-0.3, -0.25) is 14.5 Å². The first-order valence-corrected chi connectivity index (χ1v) is 12.6. The van der Waals surface area contributed by atoms with Crippen molar-refractivity contribution < 1.29 is 27.9 Å². The molecule has 2 atom stereocenters. The van der Waals surface area contributed by atoms with E-state index in [1.165, 1.54) is 41.3 Å². The van der Waals surface area contributed by atoms with Crippen molar-refractivity contribution in [2.75, 3.05) is 38.5 Å². The van der Waals surface area contributed by atoms with E-state index in [0.717, 1.165) is 0 Å². The van der Waals surface area contributed by atoms with Crippen LogP contribution in [0.15, 0.2) is 72.8 Å². The minimum absolute atomic E-state index is 0.0702. The summed E-state index contributed by atoms with van der Waals surface area (Å²) in [4.78, 5) is 44.9. The van der Waals surface area contributed by atoms with Gasteiger partial charge in [-0.15, -0.1) is 0 Å². The third kappa shape index (κ3) is 5.91. The highest BCUT2D eigenvalue weighted by Gasteiger charge is 2.48. The quantitative estimate of drug-likeness (QED) is 0.516. The van der Waals surface area contributed by atoms with Crippen LogP contribution >= 0.6 is 0 Å². The van der Waals surface area contributed by atoms with Gasteiger partial charge in [-0.1, -0.05) is 24.3 Å². The highest BCUT2D eigenvalue weighted by molar-refractivity contribution is 6.04. The molecule has 3 aromatic rings. The number of cyclic esters (lactones) is 1. The van der Waals surface area contributed by atoms with Crippen LogP contribution in [0.2, 0.25) is 0 Å². The predicted octanol–water partition coefficient (Wildman–Crippen LogP) is 4.05. The monoisotopic (exact) mass is 534 g/mol. The molecule has 2 heterocycles. The lowest BCUT2D eigenvalue weighted by Gasteiger charge is -2.36. The summed E-state index contributed by atoms with van der Waals surface area (Å²) < 4.78 is 32.5. The summed E-state index contributed by atoms with van der Waals surface area (Å²) in [6.07, 6.45) is -1.58. The molecule has 202 valence electrons. The summed E-state index contributed by atoms with van der Waals surface area (Å²) in [6.45, 7) is 2.53. The molecule has 0 spiro atoms. The first-order chi connectivity index (χ1) is 18.8. The Hall–Kier alpha value is -4.31. The van der Waals surface area contributed by atoms with Gasteiger partial charge in [0, 0.05) is 37.4 Å². The standard InChI is InChI=1S/C29H28F2N4O4/c1-33-13-15-34(16-14-33)28(37)25-26(39-29(38)35(25)18-19-5-9-22(30)10-6-19)21-3-2-4-24(17-21)32-27(36)20-7-11-23(31)12-8-20/h2-12,17,25-26H,13-16,18H2,1H3,(H,32,36). The zero-order valence-electron chi connectivity index (χ0n) is 21.3. The highest BCUT2D eigenvalue weighted by atomic mass is 19.1. The molecule has 0 aliphatic carbocycles. The Kier molecular flexibility index (Phi) is 7.56. The first kappa shape index (κ1) is 26.3. The maximum absolute atomic E-state index is 13.8. The zero-order valence-corrected chi connectivity index (χ0v) is 21.3. The van der Waals surface area contributed by atoms with E-state index in [0.29, 0.717) is 43.0 Å². The lowest BCUT2D eigenvalue weighted by atomic mass is 9.99. The number of benzene rings is 3. The number of anilines is 1. The van der Waals surface area contributed by atoms with Gasteiger partial charge in [0.25, 0.3) is 5.91 Å². The number of nitrogens with one attached hydrogen (secondary N) is 1. The van der Waals surface area contributed by atoms with Crippen molar-refractivity contribution in [1.82, 2.24) is 14.7 Å². The molecule has 1 N–H and O–H groups in total. The van der Waals surface area contributed by atoms with Gasteiger partial charge in [-0.05, 0) is 66.7 Å². The molecular formula is C29H28F2N4O4. The van der Waals surface area contributed by atoms with E-state index in [4.69, 9.17) is 4.74 Å². The number of rotatable bonds is 6. The van der Waals surface area contributed by atoms with Crippen molar-refractivity contribution in [2.45, 2.75) is 18.7 Å². The van der Waals surface area contributed by atoms with Gasteiger partial charge in [0.2, 0.25) is 5.91 Å². The van der Waals surface area contributed by atoms with Crippen LogP contribution in [0.3, 0.4) is 0 Å². The number of halogens is 2. The molecular weight excluding hydrogens is 506 g/mol. The second kappa shape index (κ2) is 11.2. The van der Waals surface area contributed by atoms with Crippen molar-refractivity contribution in [3.8, 4) is 0 Å². The van der Waals surface area contributed by atoms with Crippen molar-refractivity contribution in [3.05, 3.63) is 101 Å². The van der Waals surface area contributed by atoms with Crippen molar-refractivity contribution in [1.29, 1.82) is 0 Å². The largest absolute Gasteiger partial charge is 0.438 e. The fourth-order valence-electron chi connectivity index (χ4n) is 4.79. The van der Waals surface area contributed by atoms with Gasteiger partial charge in [0.15, 0.2) is 12.1 Å².